The number of rotatable bonds is 57. The van der Waals surface area contributed by atoms with Crippen LogP contribution < -0.4 is 5.32 Å². The summed E-state index contributed by atoms with van der Waals surface area (Å²) in [6.45, 7) is 4.84. The van der Waals surface area contributed by atoms with Crippen LogP contribution in [0, 0.1) is 0 Å². The maximum atomic E-state index is 12.5. The van der Waals surface area contributed by atoms with Gasteiger partial charge in [-0.2, -0.15) is 0 Å². The van der Waals surface area contributed by atoms with Crippen molar-refractivity contribution < 1.29 is 24.5 Å². The van der Waals surface area contributed by atoms with Crippen LogP contribution in [0.4, 0.5) is 0 Å². The number of unbranched alkanes of at least 4 members (excludes halogenated alkanes) is 38. The quantitative estimate of drug-likeness (QED) is 0.0321. The molecule has 1 amide bonds. The molecule has 6 heteroatoms. The van der Waals surface area contributed by atoms with Crippen LogP contribution in [0.15, 0.2) is 60.8 Å². The number of amides is 1. The number of hydrogen-bond acceptors (Lipinski definition) is 5. The number of aliphatic hydroxyl groups is 2. The first-order chi connectivity index (χ1) is 35.0. The second-order valence-corrected chi connectivity index (χ2v) is 21.0. The van der Waals surface area contributed by atoms with Crippen LogP contribution in [-0.4, -0.2) is 47.4 Å². The van der Waals surface area contributed by atoms with E-state index in [0.29, 0.717) is 19.4 Å². The van der Waals surface area contributed by atoms with Gasteiger partial charge in [0.05, 0.1) is 25.4 Å². The maximum absolute atomic E-state index is 12.5. The first kappa shape index (κ1) is 68.6. The summed E-state index contributed by atoms with van der Waals surface area (Å²) in [7, 11) is 0. The Morgan fingerprint density at radius 2 is 0.704 bits per heavy atom. The summed E-state index contributed by atoms with van der Waals surface area (Å²) < 4.78 is 5.46. The molecule has 0 aromatic rings. The maximum Gasteiger partial charge on any atom is 0.305 e. The normalized spacial score (nSPS) is 13.0. The number of carbonyl (C=O) groups excluding carboxylic acids is 2. The Hall–Kier alpha value is -2.44. The van der Waals surface area contributed by atoms with Crippen LogP contribution in [0.5, 0.6) is 0 Å². The van der Waals surface area contributed by atoms with E-state index >= 15 is 0 Å². The van der Waals surface area contributed by atoms with Gasteiger partial charge in [0.25, 0.3) is 0 Å². The number of allylic oxidation sites excluding steroid dienone is 9. The summed E-state index contributed by atoms with van der Waals surface area (Å²) >= 11 is 0. The highest BCUT2D eigenvalue weighted by atomic mass is 16.5. The minimum Gasteiger partial charge on any atom is -0.466 e. The number of hydrogen-bond donors (Lipinski definition) is 3. The number of nitrogens with one attached hydrogen (secondary N) is 1. The molecule has 2 unspecified atom stereocenters. The van der Waals surface area contributed by atoms with E-state index < -0.39 is 12.1 Å². The van der Waals surface area contributed by atoms with E-state index in [9.17, 15) is 19.8 Å². The van der Waals surface area contributed by atoms with E-state index in [1.165, 1.54) is 199 Å². The minimum atomic E-state index is -0.858. The second-order valence-electron chi connectivity index (χ2n) is 21.0. The molecule has 0 saturated carbocycles. The lowest BCUT2D eigenvalue weighted by Crippen LogP contribution is -2.45. The first-order valence-electron chi connectivity index (χ1n) is 31.1. The molecule has 0 heterocycles. The zero-order chi connectivity index (χ0) is 51.4. The fourth-order valence-corrected chi connectivity index (χ4v) is 9.22. The van der Waals surface area contributed by atoms with E-state index in [4.69, 9.17) is 4.74 Å². The largest absolute Gasteiger partial charge is 0.466 e. The smallest absolute Gasteiger partial charge is 0.305 e. The molecular weight excluding hydrogens is 875 g/mol. The monoisotopic (exact) mass is 994 g/mol. The van der Waals surface area contributed by atoms with Crippen molar-refractivity contribution in [1.82, 2.24) is 5.32 Å². The highest BCUT2D eigenvalue weighted by Crippen LogP contribution is 2.16. The predicted molar refractivity (Wildman–Crippen MR) is 310 cm³/mol. The Kier molecular flexibility index (Phi) is 58.1. The standard InChI is InChI=1S/C65H119NO5/c1-3-5-7-9-11-13-15-17-19-21-22-23-26-29-33-37-41-45-49-53-57-63(68)62(61-67)66-64(69)58-54-50-46-42-38-34-30-27-24-28-32-36-40-44-48-52-56-60-71-65(70)59-55-51-47-43-39-35-31-25-20-18-16-14-12-10-8-6-4-2/h12,14,18,20,24,28,36,40,53,57,62-63,67-68H,3-11,13,15-17,19,21-23,25-27,29-35,37-39,41-52,54-56,58-61H2,1-2H3,(H,66,69)/b14-12-,20-18-,28-24-,40-36-,57-53+. The highest BCUT2D eigenvalue weighted by Gasteiger charge is 2.18. The summed E-state index contributed by atoms with van der Waals surface area (Å²) in [5.74, 6) is -0.108. The first-order valence-corrected chi connectivity index (χ1v) is 31.1. The zero-order valence-electron chi connectivity index (χ0n) is 47.2. The number of carbonyl (C=O) groups is 2. The van der Waals surface area contributed by atoms with Gasteiger partial charge in [0.1, 0.15) is 0 Å². The van der Waals surface area contributed by atoms with Crippen LogP contribution in [0.25, 0.3) is 0 Å². The SMILES string of the molecule is CCCCC/C=C\C/C=C\CCCCCCCCCC(=O)OCCCCC/C=C\C/C=C\CCCCCCCCCC(=O)NC(CO)C(O)/C=C/CCCCCCCCCCCCCCCCCCCC. The zero-order valence-corrected chi connectivity index (χ0v) is 47.2. The molecule has 6 nitrogen and oxygen atoms in total. The Morgan fingerprint density at radius 1 is 0.394 bits per heavy atom. The van der Waals surface area contributed by atoms with Gasteiger partial charge in [-0.1, -0.05) is 261 Å². The molecular formula is C65H119NO5. The molecule has 0 radical (unpaired) electrons. The van der Waals surface area contributed by atoms with E-state index in [1.807, 2.05) is 6.08 Å². The molecule has 0 aliphatic rings. The van der Waals surface area contributed by atoms with Crippen LogP contribution in [0.3, 0.4) is 0 Å². The molecule has 0 fully saturated rings. The lowest BCUT2D eigenvalue weighted by molar-refractivity contribution is -0.143. The molecule has 3 N–H and O–H groups in total. The summed E-state index contributed by atoms with van der Waals surface area (Å²) in [4.78, 5) is 24.6. The molecule has 0 aliphatic heterocycles. The van der Waals surface area contributed by atoms with Gasteiger partial charge in [-0.3, -0.25) is 9.59 Å². The number of ether oxygens (including phenoxy) is 1. The van der Waals surface area contributed by atoms with E-state index in [2.05, 4.69) is 67.8 Å². The summed E-state index contributed by atoms with van der Waals surface area (Å²) in [5.41, 5.74) is 0. The van der Waals surface area contributed by atoms with Crippen LogP contribution in [0.1, 0.15) is 316 Å². The van der Waals surface area contributed by atoms with Gasteiger partial charge < -0.3 is 20.3 Å². The van der Waals surface area contributed by atoms with Crippen molar-refractivity contribution in [2.24, 2.45) is 0 Å². The van der Waals surface area contributed by atoms with Gasteiger partial charge in [-0.25, -0.2) is 0 Å². The molecule has 0 aromatic carbocycles. The van der Waals surface area contributed by atoms with Crippen molar-refractivity contribution in [3.63, 3.8) is 0 Å². The van der Waals surface area contributed by atoms with Gasteiger partial charge >= 0.3 is 5.97 Å². The molecule has 414 valence electrons. The van der Waals surface area contributed by atoms with Crippen molar-refractivity contribution in [3.8, 4) is 0 Å². The average molecular weight is 995 g/mol. The van der Waals surface area contributed by atoms with Gasteiger partial charge in [0.15, 0.2) is 0 Å². The molecule has 0 bridgehead atoms. The lowest BCUT2D eigenvalue weighted by atomic mass is 10.0. The molecule has 2 atom stereocenters. The fourth-order valence-electron chi connectivity index (χ4n) is 9.22. The van der Waals surface area contributed by atoms with E-state index in [1.54, 1.807) is 6.08 Å². The van der Waals surface area contributed by atoms with Gasteiger partial charge in [0, 0.05) is 12.8 Å². The molecule has 0 saturated heterocycles. The third-order valence-electron chi connectivity index (χ3n) is 14.0. The van der Waals surface area contributed by atoms with Gasteiger partial charge in [-0.15, -0.1) is 0 Å². The van der Waals surface area contributed by atoms with Crippen LogP contribution in [-0.2, 0) is 14.3 Å². The molecule has 71 heavy (non-hydrogen) atoms. The van der Waals surface area contributed by atoms with Crippen molar-refractivity contribution in [2.75, 3.05) is 13.2 Å². The Labute approximate surface area is 441 Å². The molecule has 0 aliphatic carbocycles. The third kappa shape index (κ3) is 56.7. The van der Waals surface area contributed by atoms with Crippen LogP contribution >= 0.6 is 0 Å². The second kappa shape index (κ2) is 60.1. The van der Waals surface area contributed by atoms with Crippen molar-refractivity contribution in [1.29, 1.82) is 0 Å². The van der Waals surface area contributed by atoms with Gasteiger partial charge in [-0.05, 0) is 103 Å². The minimum absolute atomic E-state index is 0.0245. The molecule has 0 aromatic heterocycles. The Bertz CT molecular complexity index is 1240. The highest BCUT2D eigenvalue weighted by molar-refractivity contribution is 5.76. The number of aliphatic hydroxyl groups excluding tert-OH is 2. The molecule has 0 spiro atoms. The van der Waals surface area contributed by atoms with Gasteiger partial charge in [0.2, 0.25) is 5.91 Å². The summed E-state index contributed by atoms with van der Waals surface area (Å²) in [6.07, 6.45) is 78.2. The summed E-state index contributed by atoms with van der Waals surface area (Å²) in [6, 6.07) is -0.643. The Morgan fingerprint density at radius 3 is 1.10 bits per heavy atom. The van der Waals surface area contributed by atoms with E-state index in [-0.39, 0.29) is 18.5 Å². The fraction of sp³-hybridized carbons (Fsp3) is 0.815. The van der Waals surface area contributed by atoms with Crippen molar-refractivity contribution >= 4 is 11.9 Å². The van der Waals surface area contributed by atoms with Crippen molar-refractivity contribution in [3.05, 3.63) is 60.8 Å². The topological polar surface area (TPSA) is 95.9 Å². The van der Waals surface area contributed by atoms with Crippen molar-refractivity contribution in [2.45, 2.75) is 328 Å². The third-order valence-corrected chi connectivity index (χ3v) is 14.0. The summed E-state index contributed by atoms with van der Waals surface area (Å²) in [5, 5.41) is 23.2. The predicted octanol–water partition coefficient (Wildman–Crippen LogP) is 19.5. The lowest BCUT2D eigenvalue weighted by Gasteiger charge is -2.20. The average Bonchev–Trinajstić information content (AvgIpc) is 3.37. The molecule has 0 rings (SSSR count). The Balaban J connectivity index is 3.53. The van der Waals surface area contributed by atoms with Crippen LogP contribution in [0.2, 0.25) is 0 Å². The number of esters is 1. The van der Waals surface area contributed by atoms with E-state index in [0.717, 1.165) is 89.9 Å².